The Morgan fingerprint density at radius 2 is 1.87 bits per heavy atom. The zero-order valence-corrected chi connectivity index (χ0v) is 10.3. The maximum Gasteiger partial charge on any atom is 0.0218 e. The monoisotopic (exact) mass is 207 g/mol. The molecule has 1 nitrogen and oxygen atoms in total. The van der Waals surface area contributed by atoms with Gasteiger partial charge in [-0.05, 0) is 56.9 Å². The van der Waals surface area contributed by atoms with Crippen molar-refractivity contribution < 1.29 is 0 Å². The molecule has 0 aromatic carbocycles. The third-order valence-corrected chi connectivity index (χ3v) is 5.12. The van der Waals surface area contributed by atoms with Crippen molar-refractivity contribution in [3.8, 4) is 0 Å². The molecule has 1 heteroatoms. The largest absolute Gasteiger partial charge is 0.295 e. The molecule has 0 aromatic rings. The minimum atomic E-state index is 0.689. The van der Waals surface area contributed by atoms with Gasteiger partial charge in [0.1, 0.15) is 0 Å². The van der Waals surface area contributed by atoms with Crippen LogP contribution in [0.3, 0.4) is 0 Å². The average molecular weight is 207 g/mol. The number of hydrogen-bond donors (Lipinski definition) is 0. The van der Waals surface area contributed by atoms with Gasteiger partial charge >= 0.3 is 0 Å². The van der Waals surface area contributed by atoms with Crippen LogP contribution in [0.5, 0.6) is 0 Å². The van der Waals surface area contributed by atoms with Crippen molar-refractivity contribution in [2.45, 2.75) is 70.4 Å². The Labute approximate surface area is 94.2 Å². The van der Waals surface area contributed by atoms with E-state index in [-0.39, 0.29) is 0 Å². The van der Waals surface area contributed by atoms with Crippen LogP contribution in [-0.2, 0) is 0 Å². The molecule has 0 unspecified atom stereocenters. The van der Waals surface area contributed by atoms with E-state index in [9.17, 15) is 0 Å². The molecule has 3 rings (SSSR count). The first-order chi connectivity index (χ1) is 7.21. The fourth-order valence-electron chi connectivity index (χ4n) is 3.90. The van der Waals surface area contributed by atoms with Gasteiger partial charge in [0.25, 0.3) is 0 Å². The third-order valence-electron chi connectivity index (χ3n) is 5.12. The molecule has 3 fully saturated rings. The number of hydrogen-bond acceptors (Lipinski definition) is 1. The van der Waals surface area contributed by atoms with E-state index in [0.29, 0.717) is 5.54 Å². The lowest BCUT2D eigenvalue weighted by Crippen LogP contribution is -2.61. The first-order valence-electron chi connectivity index (χ1n) is 6.98. The van der Waals surface area contributed by atoms with E-state index < -0.39 is 0 Å². The second kappa shape index (κ2) is 3.48. The summed E-state index contributed by atoms with van der Waals surface area (Å²) < 4.78 is 0. The van der Waals surface area contributed by atoms with Gasteiger partial charge in [-0.15, -0.1) is 0 Å². The quantitative estimate of drug-likeness (QED) is 0.670. The first kappa shape index (κ1) is 10.1. The van der Waals surface area contributed by atoms with E-state index in [0.717, 1.165) is 17.9 Å². The molecule has 0 atom stereocenters. The summed E-state index contributed by atoms with van der Waals surface area (Å²) in [5, 5.41) is 0. The Hall–Kier alpha value is -0.0400. The third kappa shape index (κ3) is 1.63. The summed E-state index contributed by atoms with van der Waals surface area (Å²) in [4.78, 5) is 2.91. The fourth-order valence-corrected chi connectivity index (χ4v) is 3.90. The highest BCUT2D eigenvalue weighted by Gasteiger charge is 2.53. The molecule has 1 spiro atoms. The molecule has 1 saturated heterocycles. The normalized spacial score (nSPS) is 42.2. The van der Waals surface area contributed by atoms with Crippen molar-refractivity contribution in [2.75, 3.05) is 6.54 Å². The van der Waals surface area contributed by atoms with Gasteiger partial charge in [0.2, 0.25) is 0 Å². The maximum absolute atomic E-state index is 2.91. The molecular formula is C14H25N. The van der Waals surface area contributed by atoms with Gasteiger partial charge in [-0.3, -0.25) is 4.90 Å². The first-order valence-corrected chi connectivity index (χ1v) is 6.98. The molecule has 0 radical (unpaired) electrons. The zero-order valence-electron chi connectivity index (χ0n) is 10.3. The number of likely N-dealkylation sites (tertiary alicyclic amines) is 1. The van der Waals surface area contributed by atoms with Gasteiger partial charge in [-0.2, -0.15) is 0 Å². The van der Waals surface area contributed by atoms with Crippen molar-refractivity contribution >= 4 is 0 Å². The van der Waals surface area contributed by atoms with E-state index in [4.69, 9.17) is 0 Å². The molecular weight excluding hydrogens is 182 g/mol. The highest BCUT2D eigenvalue weighted by Crippen LogP contribution is 2.53. The second-order valence-corrected chi connectivity index (χ2v) is 6.52. The van der Waals surface area contributed by atoms with Gasteiger partial charge in [0, 0.05) is 11.6 Å². The molecule has 86 valence electrons. The number of rotatable bonds is 2. The smallest absolute Gasteiger partial charge is 0.0218 e. The van der Waals surface area contributed by atoms with E-state index in [2.05, 4.69) is 18.7 Å². The van der Waals surface area contributed by atoms with Crippen LogP contribution in [0.2, 0.25) is 0 Å². The predicted molar refractivity (Wildman–Crippen MR) is 63.9 cm³/mol. The summed E-state index contributed by atoms with van der Waals surface area (Å²) in [7, 11) is 0. The molecule has 2 saturated carbocycles. The van der Waals surface area contributed by atoms with Gasteiger partial charge in [0.05, 0.1) is 0 Å². The van der Waals surface area contributed by atoms with E-state index in [1.54, 1.807) is 0 Å². The van der Waals surface area contributed by atoms with Crippen LogP contribution in [0.15, 0.2) is 0 Å². The SMILES string of the molecule is CC(C)C1CC2(CCCCN2C2CC2)C1. The Kier molecular flexibility index (Phi) is 2.35. The Balaban J connectivity index is 1.68. The van der Waals surface area contributed by atoms with Crippen molar-refractivity contribution in [3.05, 3.63) is 0 Å². The van der Waals surface area contributed by atoms with Crippen LogP contribution in [0, 0.1) is 11.8 Å². The van der Waals surface area contributed by atoms with Crippen molar-refractivity contribution in [2.24, 2.45) is 11.8 Å². The highest BCUT2D eigenvalue weighted by molar-refractivity contribution is 5.08. The van der Waals surface area contributed by atoms with Crippen LogP contribution in [0.25, 0.3) is 0 Å². The number of nitrogens with zero attached hydrogens (tertiary/aromatic N) is 1. The summed E-state index contributed by atoms with van der Waals surface area (Å²) in [5.74, 6) is 1.95. The Morgan fingerprint density at radius 3 is 2.47 bits per heavy atom. The van der Waals surface area contributed by atoms with Crippen molar-refractivity contribution in [1.82, 2.24) is 4.90 Å². The summed E-state index contributed by atoms with van der Waals surface area (Å²) >= 11 is 0. The lowest BCUT2D eigenvalue weighted by molar-refractivity contribution is -0.0715. The zero-order chi connectivity index (χ0) is 10.5. The van der Waals surface area contributed by atoms with Gasteiger partial charge in [-0.25, -0.2) is 0 Å². The highest BCUT2D eigenvalue weighted by atomic mass is 15.3. The molecule has 0 aromatic heterocycles. The summed E-state index contributed by atoms with van der Waals surface area (Å²) in [6.45, 7) is 6.22. The maximum atomic E-state index is 2.91. The van der Waals surface area contributed by atoms with Gasteiger partial charge in [-0.1, -0.05) is 20.3 Å². The van der Waals surface area contributed by atoms with Crippen LogP contribution >= 0.6 is 0 Å². The molecule has 1 heterocycles. The molecule has 0 amide bonds. The Bertz CT molecular complexity index is 236. The van der Waals surface area contributed by atoms with Gasteiger partial charge < -0.3 is 0 Å². The molecule has 2 aliphatic carbocycles. The minimum Gasteiger partial charge on any atom is -0.295 e. The van der Waals surface area contributed by atoms with Gasteiger partial charge in [0.15, 0.2) is 0 Å². The average Bonchev–Trinajstić information content (AvgIpc) is 2.96. The lowest BCUT2D eigenvalue weighted by Gasteiger charge is -2.58. The number of piperidine rings is 1. The Morgan fingerprint density at radius 1 is 1.13 bits per heavy atom. The van der Waals surface area contributed by atoms with E-state index >= 15 is 0 Å². The topological polar surface area (TPSA) is 3.24 Å². The fraction of sp³-hybridized carbons (Fsp3) is 1.00. The van der Waals surface area contributed by atoms with Crippen LogP contribution in [0.4, 0.5) is 0 Å². The van der Waals surface area contributed by atoms with Crippen molar-refractivity contribution in [3.63, 3.8) is 0 Å². The van der Waals surface area contributed by atoms with E-state index in [1.807, 2.05) is 0 Å². The standard InChI is InChI=1S/C14H25N/c1-11(2)12-9-14(10-12)7-3-4-8-15(14)13-5-6-13/h11-13H,3-10H2,1-2H3. The summed E-state index contributed by atoms with van der Waals surface area (Å²) in [5.41, 5.74) is 0.689. The summed E-state index contributed by atoms with van der Waals surface area (Å²) in [6, 6.07) is 0.999. The second-order valence-electron chi connectivity index (χ2n) is 6.52. The molecule has 0 N–H and O–H groups in total. The van der Waals surface area contributed by atoms with E-state index in [1.165, 1.54) is 51.5 Å². The van der Waals surface area contributed by atoms with Crippen LogP contribution in [-0.4, -0.2) is 23.0 Å². The lowest BCUT2D eigenvalue weighted by atomic mass is 9.60. The van der Waals surface area contributed by atoms with Crippen LogP contribution < -0.4 is 0 Å². The molecule has 3 aliphatic rings. The predicted octanol–water partition coefficient (Wildman–Crippen LogP) is 3.44. The molecule has 15 heavy (non-hydrogen) atoms. The minimum absolute atomic E-state index is 0.689. The van der Waals surface area contributed by atoms with Crippen LogP contribution in [0.1, 0.15) is 58.8 Å². The summed E-state index contributed by atoms with van der Waals surface area (Å²) in [6.07, 6.45) is 10.5. The molecule has 1 aliphatic heterocycles. The van der Waals surface area contributed by atoms with Crippen molar-refractivity contribution in [1.29, 1.82) is 0 Å². The molecule has 0 bridgehead atoms.